The van der Waals surface area contributed by atoms with E-state index in [2.05, 4.69) is 23.8 Å². The quantitative estimate of drug-likeness (QED) is 0.572. The number of hydrogen-bond donors (Lipinski definition) is 1. The number of rotatable bonds is 7. The maximum absolute atomic E-state index is 12.9. The number of nitriles is 1. The van der Waals surface area contributed by atoms with Crippen LogP contribution in [0.4, 0.5) is 5.69 Å². The van der Waals surface area contributed by atoms with Crippen LogP contribution in [0.25, 0.3) is 17.8 Å². The molecule has 0 aliphatic heterocycles. The van der Waals surface area contributed by atoms with Gasteiger partial charge in [0.15, 0.2) is 5.69 Å². The first-order valence-corrected chi connectivity index (χ1v) is 10.4. The van der Waals surface area contributed by atoms with Gasteiger partial charge in [-0.25, -0.2) is 4.79 Å². The molecule has 0 saturated carbocycles. The van der Waals surface area contributed by atoms with Gasteiger partial charge in [-0.15, -0.1) is 0 Å². The molecule has 162 valence electrons. The summed E-state index contributed by atoms with van der Waals surface area (Å²) in [6.07, 6.45) is 3.09. The van der Waals surface area contributed by atoms with E-state index in [1.54, 1.807) is 18.2 Å². The minimum absolute atomic E-state index is 0.0389. The number of carboxylic acid groups (broad SMARTS) is 1. The molecule has 0 atom stereocenters. The van der Waals surface area contributed by atoms with E-state index < -0.39 is 17.2 Å². The SMILES string of the molecule is CCN(CC)c1ccc(/C=C\c2c(C(=O)O)nn(-c3ccc(Cl)cc3)c(=O)c2C#N)cc1. The van der Waals surface area contributed by atoms with Crippen molar-refractivity contribution >= 4 is 35.4 Å². The Balaban J connectivity index is 2.07. The van der Waals surface area contributed by atoms with Crippen LogP contribution in [0.1, 0.15) is 41.0 Å². The van der Waals surface area contributed by atoms with Crippen LogP contribution in [0.3, 0.4) is 0 Å². The van der Waals surface area contributed by atoms with Crippen molar-refractivity contribution in [3.05, 3.63) is 86.3 Å². The topological polar surface area (TPSA) is 99.2 Å². The highest BCUT2D eigenvalue weighted by atomic mass is 35.5. The second kappa shape index (κ2) is 9.94. The van der Waals surface area contributed by atoms with Gasteiger partial charge >= 0.3 is 5.97 Å². The van der Waals surface area contributed by atoms with Gasteiger partial charge in [-0.2, -0.15) is 15.0 Å². The average Bonchev–Trinajstić information content (AvgIpc) is 2.80. The predicted octanol–water partition coefficient (Wildman–Crippen LogP) is 4.47. The first kappa shape index (κ1) is 22.8. The molecule has 1 heterocycles. The van der Waals surface area contributed by atoms with Gasteiger partial charge in [-0.1, -0.05) is 35.9 Å². The summed E-state index contributed by atoms with van der Waals surface area (Å²) in [5.74, 6) is -1.35. The van der Waals surface area contributed by atoms with Crippen molar-refractivity contribution in [2.75, 3.05) is 18.0 Å². The molecule has 0 spiro atoms. The van der Waals surface area contributed by atoms with Crippen LogP contribution in [-0.4, -0.2) is 33.9 Å². The summed E-state index contributed by atoms with van der Waals surface area (Å²) < 4.78 is 0.897. The van der Waals surface area contributed by atoms with Crippen molar-refractivity contribution in [2.24, 2.45) is 0 Å². The van der Waals surface area contributed by atoms with Crippen LogP contribution in [0.5, 0.6) is 0 Å². The third-order valence-corrected chi connectivity index (χ3v) is 5.23. The number of carbonyl (C=O) groups is 1. The third kappa shape index (κ3) is 4.71. The minimum Gasteiger partial charge on any atom is -0.476 e. The molecule has 2 aromatic carbocycles. The summed E-state index contributed by atoms with van der Waals surface area (Å²) in [5.41, 5.74) is 0.724. The highest BCUT2D eigenvalue weighted by Gasteiger charge is 2.21. The number of aromatic carboxylic acids is 1. The smallest absolute Gasteiger partial charge is 0.357 e. The van der Waals surface area contributed by atoms with Crippen molar-refractivity contribution in [3.63, 3.8) is 0 Å². The second-order valence-corrected chi connectivity index (χ2v) is 7.28. The lowest BCUT2D eigenvalue weighted by Crippen LogP contribution is -2.28. The summed E-state index contributed by atoms with van der Waals surface area (Å²) in [4.78, 5) is 27.0. The number of nitrogens with zero attached hydrogens (tertiary/aromatic N) is 4. The van der Waals surface area contributed by atoms with E-state index >= 15 is 0 Å². The maximum atomic E-state index is 12.9. The van der Waals surface area contributed by atoms with Gasteiger partial charge in [0, 0.05) is 29.4 Å². The van der Waals surface area contributed by atoms with E-state index in [1.165, 1.54) is 18.2 Å². The zero-order valence-corrected chi connectivity index (χ0v) is 18.4. The Kier molecular flexibility index (Phi) is 7.08. The average molecular weight is 449 g/mol. The maximum Gasteiger partial charge on any atom is 0.357 e. The van der Waals surface area contributed by atoms with E-state index in [9.17, 15) is 20.0 Å². The molecule has 0 amide bonds. The zero-order valence-electron chi connectivity index (χ0n) is 17.6. The fourth-order valence-corrected chi connectivity index (χ4v) is 3.41. The van der Waals surface area contributed by atoms with Crippen molar-refractivity contribution in [3.8, 4) is 11.8 Å². The zero-order chi connectivity index (χ0) is 23.3. The number of halogens is 1. The molecule has 3 rings (SSSR count). The predicted molar refractivity (Wildman–Crippen MR) is 125 cm³/mol. The summed E-state index contributed by atoms with van der Waals surface area (Å²) in [6.45, 7) is 5.92. The Morgan fingerprint density at radius 1 is 1.12 bits per heavy atom. The molecule has 0 bridgehead atoms. The number of benzene rings is 2. The number of hydrogen-bond acceptors (Lipinski definition) is 5. The van der Waals surface area contributed by atoms with Crippen LogP contribution in [-0.2, 0) is 0 Å². The molecule has 0 fully saturated rings. The molecule has 7 nitrogen and oxygen atoms in total. The molecule has 0 aliphatic carbocycles. The Bertz CT molecular complexity index is 1250. The second-order valence-electron chi connectivity index (χ2n) is 6.84. The molecule has 3 aromatic rings. The van der Waals surface area contributed by atoms with Gasteiger partial charge in [-0.05, 0) is 55.8 Å². The van der Waals surface area contributed by atoms with Crippen LogP contribution >= 0.6 is 11.6 Å². The fraction of sp³-hybridized carbons (Fsp3) is 0.167. The Hall–Kier alpha value is -3.89. The Morgan fingerprint density at radius 3 is 2.28 bits per heavy atom. The minimum atomic E-state index is -1.35. The highest BCUT2D eigenvalue weighted by Crippen LogP contribution is 2.19. The fourth-order valence-electron chi connectivity index (χ4n) is 3.29. The van der Waals surface area contributed by atoms with E-state index in [0.717, 1.165) is 29.0 Å². The van der Waals surface area contributed by atoms with Gasteiger partial charge in [0.05, 0.1) is 5.69 Å². The van der Waals surface area contributed by atoms with E-state index in [4.69, 9.17) is 11.6 Å². The number of anilines is 1. The largest absolute Gasteiger partial charge is 0.476 e. The summed E-state index contributed by atoms with van der Waals surface area (Å²) >= 11 is 5.88. The molecule has 0 aliphatic rings. The Labute approximate surface area is 190 Å². The molecule has 32 heavy (non-hydrogen) atoms. The normalized spacial score (nSPS) is 10.8. The van der Waals surface area contributed by atoms with Crippen molar-refractivity contribution < 1.29 is 9.90 Å². The van der Waals surface area contributed by atoms with Gasteiger partial charge in [0.25, 0.3) is 5.56 Å². The van der Waals surface area contributed by atoms with Gasteiger partial charge < -0.3 is 10.0 Å². The summed E-state index contributed by atoms with van der Waals surface area (Å²) in [5, 5.41) is 23.8. The highest BCUT2D eigenvalue weighted by molar-refractivity contribution is 6.30. The van der Waals surface area contributed by atoms with Crippen molar-refractivity contribution in [2.45, 2.75) is 13.8 Å². The lowest BCUT2D eigenvalue weighted by Gasteiger charge is -2.20. The molecule has 1 aromatic heterocycles. The van der Waals surface area contributed by atoms with Crippen LogP contribution in [0, 0.1) is 11.3 Å². The van der Waals surface area contributed by atoms with Crippen LogP contribution in [0.2, 0.25) is 5.02 Å². The Morgan fingerprint density at radius 2 is 1.75 bits per heavy atom. The molecule has 8 heteroatoms. The van der Waals surface area contributed by atoms with E-state index in [1.807, 2.05) is 30.3 Å². The lowest BCUT2D eigenvalue weighted by atomic mass is 10.1. The van der Waals surface area contributed by atoms with Crippen LogP contribution < -0.4 is 10.5 Å². The molecule has 0 radical (unpaired) electrons. The van der Waals surface area contributed by atoms with E-state index in [0.29, 0.717) is 10.7 Å². The first-order chi connectivity index (χ1) is 15.4. The van der Waals surface area contributed by atoms with Gasteiger partial charge in [0.2, 0.25) is 0 Å². The summed E-state index contributed by atoms with van der Waals surface area (Å²) in [6, 6.07) is 15.7. The molecular weight excluding hydrogens is 428 g/mol. The van der Waals surface area contributed by atoms with E-state index in [-0.39, 0.29) is 11.1 Å². The monoisotopic (exact) mass is 448 g/mol. The molecule has 1 N–H and O–H groups in total. The molecular formula is C24H21ClN4O3. The molecule has 0 unspecified atom stereocenters. The number of carboxylic acids is 1. The van der Waals surface area contributed by atoms with Crippen LogP contribution in [0.15, 0.2) is 53.3 Å². The van der Waals surface area contributed by atoms with Crippen molar-refractivity contribution in [1.29, 1.82) is 5.26 Å². The summed E-state index contributed by atoms with van der Waals surface area (Å²) in [7, 11) is 0. The standard InChI is InChI=1S/C24H21ClN4O3/c1-3-28(4-2)18-10-5-16(6-11-18)7-14-20-21(15-26)23(30)29(27-22(20)24(31)32)19-12-8-17(25)9-13-19/h5-14H,3-4H2,1-2H3,(H,31,32)/b14-7-. The lowest BCUT2D eigenvalue weighted by molar-refractivity contribution is 0.0688. The molecule has 0 saturated heterocycles. The van der Waals surface area contributed by atoms with Gasteiger partial charge in [0.1, 0.15) is 11.6 Å². The first-order valence-electron chi connectivity index (χ1n) is 9.99. The number of aromatic nitrogens is 2. The van der Waals surface area contributed by atoms with Crippen molar-refractivity contribution in [1.82, 2.24) is 9.78 Å². The van der Waals surface area contributed by atoms with Gasteiger partial charge in [-0.3, -0.25) is 4.79 Å². The third-order valence-electron chi connectivity index (χ3n) is 4.98.